The summed E-state index contributed by atoms with van der Waals surface area (Å²) in [4.78, 5) is 18.9. The van der Waals surface area contributed by atoms with Gasteiger partial charge in [0, 0.05) is 5.56 Å². The quantitative estimate of drug-likeness (QED) is 0.772. The van der Waals surface area contributed by atoms with E-state index < -0.39 is 0 Å². The molecule has 18 heavy (non-hydrogen) atoms. The molecule has 0 saturated heterocycles. The SMILES string of the molecule is Cc1ccc(C(C)C)cc1-c1cc(C=O)ncn1. The van der Waals surface area contributed by atoms with Gasteiger partial charge in [0.05, 0.1) is 5.69 Å². The molecule has 1 aromatic heterocycles. The fourth-order valence-corrected chi connectivity index (χ4v) is 1.86. The summed E-state index contributed by atoms with van der Waals surface area (Å²) in [5.41, 5.74) is 4.69. The van der Waals surface area contributed by atoms with Crippen LogP contribution in [0.1, 0.15) is 41.4 Å². The van der Waals surface area contributed by atoms with Crippen molar-refractivity contribution in [2.75, 3.05) is 0 Å². The summed E-state index contributed by atoms with van der Waals surface area (Å²) in [6.45, 7) is 6.36. The molecule has 3 heteroatoms. The second-order valence-electron chi connectivity index (χ2n) is 4.68. The van der Waals surface area contributed by atoms with E-state index in [4.69, 9.17) is 0 Å². The van der Waals surface area contributed by atoms with Crippen molar-refractivity contribution in [1.82, 2.24) is 9.97 Å². The Labute approximate surface area is 107 Å². The molecule has 0 aliphatic heterocycles. The second kappa shape index (κ2) is 5.08. The Balaban J connectivity index is 2.54. The minimum atomic E-state index is 0.411. The first-order chi connectivity index (χ1) is 8.61. The number of aromatic nitrogens is 2. The molecule has 0 radical (unpaired) electrons. The molecule has 92 valence electrons. The lowest BCUT2D eigenvalue weighted by atomic mass is 9.96. The van der Waals surface area contributed by atoms with Crippen LogP contribution in [-0.4, -0.2) is 16.3 Å². The van der Waals surface area contributed by atoms with E-state index in [9.17, 15) is 4.79 Å². The molecule has 0 unspecified atom stereocenters. The van der Waals surface area contributed by atoms with Gasteiger partial charge in [-0.15, -0.1) is 0 Å². The van der Waals surface area contributed by atoms with Gasteiger partial charge in [-0.3, -0.25) is 4.79 Å². The van der Waals surface area contributed by atoms with Gasteiger partial charge in [0.2, 0.25) is 0 Å². The molecule has 0 spiro atoms. The lowest BCUT2D eigenvalue weighted by Crippen LogP contribution is -1.95. The van der Waals surface area contributed by atoms with Gasteiger partial charge in [-0.2, -0.15) is 0 Å². The van der Waals surface area contributed by atoms with Gasteiger partial charge in [-0.05, 0) is 36.1 Å². The highest BCUT2D eigenvalue weighted by Crippen LogP contribution is 2.26. The minimum Gasteiger partial charge on any atom is -0.296 e. The summed E-state index contributed by atoms with van der Waals surface area (Å²) in [5.74, 6) is 0.469. The van der Waals surface area contributed by atoms with Gasteiger partial charge in [0.15, 0.2) is 6.29 Å². The fraction of sp³-hybridized carbons (Fsp3) is 0.267. The largest absolute Gasteiger partial charge is 0.296 e. The summed E-state index contributed by atoms with van der Waals surface area (Å²) in [7, 11) is 0. The average Bonchev–Trinajstić information content (AvgIpc) is 2.39. The Morgan fingerprint density at radius 2 is 1.94 bits per heavy atom. The zero-order valence-corrected chi connectivity index (χ0v) is 10.8. The predicted octanol–water partition coefficient (Wildman–Crippen LogP) is 3.39. The second-order valence-corrected chi connectivity index (χ2v) is 4.68. The smallest absolute Gasteiger partial charge is 0.168 e. The van der Waals surface area contributed by atoms with Crippen LogP contribution in [0.5, 0.6) is 0 Å². The van der Waals surface area contributed by atoms with E-state index in [-0.39, 0.29) is 0 Å². The van der Waals surface area contributed by atoms with Crippen molar-refractivity contribution in [3.63, 3.8) is 0 Å². The average molecular weight is 240 g/mol. The maximum Gasteiger partial charge on any atom is 0.168 e. The summed E-state index contributed by atoms with van der Waals surface area (Å²) in [6.07, 6.45) is 2.17. The van der Waals surface area contributed by atoms with Crippen LogP contribution in [0.2, 0.25) is 0 Å². The molecule has 0 N–H and O–H groups in total. The molecule has 1 heterocycles. The van der Waals surface area contributed by atoms with E-state index in [0.717, 1.165) is 23.1 Å². The summed E-state index contributed by atoms with van der Waals surface area (Å²) < 4.78 is 0. The maximum absolute atomic E-state index is 10.8. The van der Waals surface area contributed by atoms with E-state index in [1.807, 2.05) is 6.92 Å². The van der Waals surface area contributed by atoms with Gasteiger partial charge in [-0.1, -0.05) is 26.0 Å². The highest BCUT2D eigenvalue weighted by molar-refractivity contribution is 5.75. The number of nitrogens with zero attached hydrogens (tertiary/aromatic N) is 2. The third kappa shape index (κ3) is 2.45. The molecular weight excluding hydrogens is 224 g/mol. The topological polar surface area (TPSA) is 42.9 Å². The van der Waals surface area contributed by atoms with Crippen molar-refractivity contribution < 1.29 is 4.79 Å². The van der Waals surface area contributed by atoms with Crippen LogP contribution in [0.15, 0.2) is 30.6 Å². The van der Waals surface area contributed by atoms with Crippen molar-refractivity contribution in [3.8, 4) is 11.3 Å². The Morgan fingerprint density at radius 3 is 2.61 bits per heavy atom. The zero-order valence-electron chi connectivity index (χ0n) is 10.8. The molecule has 0 fully saturated rings. The first kappa shape index (κ1) is 12.4. The molecule has 0 saturated carbocycles. The monoisotopic (exact) mass is 240 g/mol. The number of benzene rings is 1. The van der Waals surface area contributed by atoms with Crippen molar-refractivity contribution in [2.45, 2.75) is 26.7 Å². The van der Waals surface area contributed by atoms with Gasteiger partial charge in [-0.25, -0.2) is 9.97 Å². The number of aryl methyl sites for hydroxylation is 1. The first-order valence-corrected chi connectivity index (χ1v) is 6.00. The molecular formula is C15H16N2O. The van der Waals surface area contributed by atoms with E-state index >= 15 is 0 Å². The number of rotatable bonds is 3. The van der Waals surface area contributed by atoms with Crippen LogP contribution in [0.25, 0.3) is 11.3 Å². The Kier molecular flexibility index (Phi) is 3.51. The lowest BCUT2D eigenvalue weighted by Gasteiger charge is -2.11. The highest BCUT2D eigenvalue weighted by atomic mass is 16.1. The maximum atomic E-state index is 10.8. The van der Waals surface area contributed by atoms with E-state index in [1.165, 1.54) is 11.9 Å². The highest BCUT2D eigenvalue weighted by Gasteiger charge is 2.08. The molecule has 2 aromatic rings. The van der Waals surface area contributed by atoms with Crippen LogP contribution < -0.4 is 0 Å². The molecule has 0 atom stereocenters. The number of hydrogen-bond acceptors (Lipinski definition) is 3. The number of hydrogen-bond donors (Lipinski definition) is 0. The molecule has 0 amide bonds. The lowest BCUT2D eigenvalue weighted by molar-refractivity contribution is 0.111. The fourth-order valence-electron chi connectivity index (χ4n) is 1.86. The van der Waals surface area contributed by atoms with Crippen molar-refractivity contribution in [3.05, 3.63) is 47.4 Å². The molecule has 2 rings (SSSR count). The van der Waals surface area contributed by atoms with Crippen molar-refractivity contribution in [1.29, 1.82) is 0 Å². The summed E-state index contributed by atoms with van der Waals surface area (Å²) in [6, 6.07) is 8.08. The Hall–Kier alpha value is -2.03. The Morgan fingerprint density at radius 1 is 1.17 bits per heavy atom. The van der Waals surface area contributed by atoms with Gasteiger partial charge in [0.1, 0.15) is 12.0 Å². The van der Waals surface area contributed by atoms with Crippen LogP contribution in [0, 0.1) is 6.92 Å². The van der Waals surface area contributed by atoms with Gasteiger partial charge >= 0.3 is 0 Å². The summed E-state index contributed by atoms with van der Waals surface area (Å²) >= 11 is 0. The predicted molar refractivity (Wildman–Crippen MR) is 71.7 cm³/mol. The van der Waals surface area contributed by atoms with Crippen molar-refractivity contribution >= 4 is 6.29 Å². The minimum absolute atomic E-state index is 0.411. The van der Waals surface area contributed by atoms with Crippen LogP contribution in [0.3, 0.4) is 0 Å². The van der Waals surface area contributed by atoms with Crippen LogP contribution in [0.4, 0.5) is 0 Å². The van der Waals surface area contributed by atoms with Gasteiger partial charge < -0.3 is 0 Å². The molecule has 3 nitrogen and oxygen atoms in total. The molecule has 0 aliphatic rings. The molecule has 0 aliphatic carbocycles. The number of carbonyl (C=O) groups is 1. The van der Waals surface area contributed by atoms with E-state index in [0.29, 0.717) is 11.6 Å². The third-order valence-corrected chi connectivity index (χ3v) is 3.01. The molecule has 1 aromatic carbocycles. The van der Waals surface area contributed by atoms with Crippen LogP contribution >= 0.6 is 0 Å². The third-order valence-electron chi connectivity index (χ3n) is 3.01. The number of carbonyl (C=O) groups excluding carboxylic acids is 1. The standard InChI is InChI=1S/C15H16N2O/c1-10(2)12-5-4-11(3)14(6-12)15-7-13(8-18)16-9-17-15/h4-10H,1-3H3. The normalized spacial score (nSPS) is 10.7. The summed E-state index contributed by atoms with van der Waals surface area (Å²) in [5, 5.41) is 0. The number of aldehydes is 1. The Bertz CT molecular complexity index is 576. The first-order valence-electron chi connectivity index (χ1n) is 6.00. The van der Waals surface area contributed by atoms with E-state index in [1.54, 1.807) is 6.07 Å². The van der Waals surface area contributed by atoms with E-state index in [2.05, 4.69) is 42.0 Å². The van der Waals surface area contributed by atoms with Gasteiger partial charge in [0.25, 0.3) is 0 Å². The zero-order chi connectivity index (χ0) is 13.1. The van der Waals surface area contributed by atoms with Crippen LogP contribution in [-0.2, 0) is 0 Å². The van der Waals surface area contributed by atoms with Crippen molar-refractivity contribution in [2.24, 2.45) is 0 Å². The molecule has 0 bridgehead atoms.